The Labute approximate surface area is 188 Å². The monoisotopic (exact) mass is 429 g/mol. The van der Waals surface area contributed by atoms with E-state index in [0.29, 0.717) is 13.2 Å². The fourth-order valence-electron chi connectivity index (χ4n) is 4.19. The average molecular weight is 430 g/mol. The summed E-state index contributed by atoms with van der Waals surface area (Å²) >= 11 is 0. The van der Waals surface area contributed by atoms with Crippen molar-refractivity contribution in [2.45, 2.75) is 25.7 Å². The second-order valence-corrected chi connectivity index (χ2v) is 8.14. The van der Waals surface area contributed by atoms with E-state index in [1.807, 2.05) is 70.4 Å². The lowest BCUT2D eigenvalue weighted by molar-refractivity contribution is -0.125. The van der Waals surface area contributed by atoms with Gasteiger partial charge in [-0.05, 0) is 49.2 Å². The first-order valence-corrected chi connectivity index (χ1v) is 11.3. The maximum Gasteiger partial charge on any atom is 0.246 e. The van der Waals surface area contributed by atoms with Crippen LogP contribution in [0.1, 0.15) is 31.2 Å². The van der Waals surface area contributed by atoms with Crippen LogP contribution >= 0.6 is 0 Å². The molecular weight excluding hydrogens is 402 g/mol. The predicted molar refractivity (Wildman–Crippen MR) is 124 cm³/mol. The van der Waals surface area contributed by atoms with E-state index in [9.17, 15) is 4.79 Å². The molecule has 6 heteroatoms. The molecule has 3 heterocycles. The Bertz CT molecular complexity index is 1110. The van der Waals surface area contributed by atoms with Gasteiger partial charge in [-0.15, -0.1) is 0 Å². The number of amides is 1. The lowest BCUT2D eigenvalue weighted by atomic mass is 10.1. The molecule has 32 heavy (non-hydrogen) atoms. The zero-order chi connectivity index (χ0) is 21.8. The summed E-state index contributed by atoms with van der Waals surface area (Å²) in [5.74, 6) is 1.53. The van der Waals surface area contributed by atoms with Crippen LogP contribution in [0.5, 0.6) is 11.5 Å². The van der Waals surface area contributed by atoms with Crippen molar-refractivity contribution >= 4 is 12.0 Å². The number of rotatable bonds is 4. The molecule has 1 saturated heterocycles. The van der Waals surface area contributed by atoms with Gasteiger partial charge >= 0.3 is 0 Å². The molecule has 0 N–H and O–H groups in total. The molecule has 0 bridgehead atoms. The predicted octanol–water partition coefficient (Wildman–Crippen LogP) is 4.73. The number of carbonyl (C=O) groups excluding carboxylic acids is 1. The van der Waals surface area contributed by atoms with E-state index in [-0.39, 0.29) is 5.91 Å². The van der Waals surface area contributed by atoms with Gasteiger partial charge < -0.3 is 14.4 Å². The van der Waals surface area contributed by atoms with E-state index >= 15 is 0 Å². The number of carbonyl (C=O) groups is 1. The van der Waals surface area contributed by atoms with Crippen LogP contribution in [0.2, 0.25) is 0 Å². The van der Waals surface area contributed by atoms with Gasteiger partial charge in [0.2, 0.25) is 5.91 Å². The van der Waals surface area contributed by atoms with Crippen molar-refractivity contribution in [2.24, 2.45) is 0 Å². The minimum absolute atomic E-state index is 0.0625. The molecule has 5 rings (SSSR count). The molecule has 0 unspecified atom stereocenters. The van der Waals surface area contributed by atoms with Crippen molar-refractivity contribution in [3.63, 3.8) is 0 Å². The minimum atomic E-state index is 0.0625. The number of ether oxygens (including phenoxy) is 2. The number of para-hydroxylation sites is 1. The Kier molecular flexibility index (Phi) is 5.92. The molecule has 3 aromatic rings. The molecule has 2 aliphatic heterocycles. The molecule has 1 amide bonds. The number of hydrogen-bond donors (Lipinski definition) is 0. The Morgan fingerprint density at radius 2 is 1.66 bits per heavy atom. The molecule has 1 aromatic heterocycles. The number of hydrogen-bond acceptors (Lipinski definition) is 4. The lowest BCUT2D eigenvalue weighted by Gasteiger charge is -2.18. The SMILES string of the molecule is O=C(/C=C/c1cn(-c2ccccc2)nc1-c1ccc2c(c1)OCCO2)N1CCCCCC1. The molecule has 0 aliphatic carbocycles. The summed E-state index contributed by atoms with van der Waals surface area (Å²) in [5, 5.41) is 4.85. The first kappa shape index (κ1) is 20.4. The van der Waals surface area contributed by atoms with Crippen LogP contribution in [-0.2, 0) is 4.79 Å². The number of aromatic nitrogens is 2. The Morgan fingerprint density at radius 1 is 0.906 bits per heavy atom. The van der Waals surface area contributed by atoms with Gasteiger partial charge in [-0.25, -0.2) is 4.68 Å². The highest BCUT2D eigenvalue weighted by atomic mass is 16.6. The summed E-state index contributed by atoms with van der Waals surface area (Å²) in [4.78, 5) is 14.8. The highest BCUT2D eigenvalue weighted by Gasteiger charge is 2.17. The number of nitrogens with zero attached hydrogens (tertiary/aromatic N) is 3. The van der Waals surface area contributed by atoms with Gasteiger partial charge in [0.25, 0.3) is 0 Å². The molecule has 0 saturated carbocycles. The largest absolute Gasteiger partial charge is 0.486 e. The van der Waals surface area contributed by atoms with Crippen molar-refractivity contribution in [3.05, 3.63) is 66.4 Å². The molecule has 164 valence electrons. The Morgan fingerprint density at radius 3 is 2.44 bits per heavy atom. The van der Waals surface area contributed by atoms with Crippen LogP contribution < -0.4 is 9.47 Å². The van der Waals surface area contributed by atoms with Crippen molar-refractivity contribution in [1.29, 1.82) is 0 Å². The van der Waals surface area contributed by atoms with E-state index in [1.165, 1.54) is 12.8 Å². The van der Waals surface area contributed by atoms with E-state index < -0.39 is 0 Å². The summed E-state index contributed by atoms with van der Waals surface area (Å²) in [6, 6.07) is 15.8. The van der Waals surface area contributed by atoms with Crippen LogP contribution in [0, 0.1) is 0 Å². The fraction of sp³-hybridized carbons (Fsp3) is 0.308. The van der Waals surface area contributed by atoms with E-state index in [2.05, 4.69) is 0 Å². The van der Waals surface area contributed by atoms with Crippen molar-refractivity contribution in [2.75, 3.05) is 26.3 Å². The number of fused-ring (bicyclic) bond motifs is 1. The van der Waals surface area contributed by atoms with Crippen LogP contribution in [-0.4, -0.2) is 46.9 Å². The zero-order valence-corrected chi connectivity index (χ0v) is 18.1. The molecule has 2 aromatic carbocycles. The smallest absolute Gasteiger partial charge is 0.246 e. The lowest BCUT2D eigenvalue weighted by Crippen LogP contribution is -2.30. The zero-order valence-electron chi connectivity index (χ0n) is 18.1. The summed E-state index contributed by atoms with van der Waals surface area (Å²) in [6.07, 6.45) is 10.1. The normalized spacial score (nSPS) is 16.2. The van der Waals surface area contributed by atoms with E-state index in [4.69, 9.17) is 14.6 Å². The number of benzene rings is 2. The van der Waals surface area contributed by atoms with Gasteiger partial charge in [0.15, 0.2) is 11.5 Å². The second-order valence-electron chi connectivity index (χ2n) is 8.14. The highest BCUT2D eigenvalue weighted by molar-refractivity contribution is 5.93. The van der Waals surface area contributed by atoms with Crippen LogP contribution in [0.15, 0.2) is 60.8 Å². The van der Waals surface area contributed by atoms with Gasteiger partial charge in [-0.1, -0.05) is 31.0 Å². The first-order chi connectivity index (χ1) is 15.8. The standard InChI is InChI=1S/C26H27N3O3/c30-25(28-14-6-1-2-7-15-28)13-11-21-19-29(22-8-4-3-5-9-22)27-26(21)20-10-12-23-24(18-20)32-17-16-31-23/h3-5,8-13,18-19H,1-2,6-7,14-17H2/b13-11+. The topological polar surface area (TPSA) is 56.6 Å². The quantitative estimate of drug-likeness (QED) is 0.563. The summed E-state index contributed by atoms with van der Waals surface area (Å²) in [7, 11) is 0. The van der Waals surface area contributed by atoms with Gasteiger partial charge in [0.1, 0.15) is 18.9 Å². The first-order valence-electron chi connectivity index (χ1n) is 11.3. The van der Waals surface area contributed by atoms with Crippen molar-refractivity contribution in [3.8, 4) is 28.4 Å². The molecule has 0 spiro atoms. The van der Waals surface area contributed by atoms with Crippen LogP contribution in [0.3, 0.4) is 0 Å². The summed E-state index contributed by atoms with van der Waals surface area (Å²) < 4.78 is 13.3. The highest BCUT2D eigenvalue weighted by Crippen LogP contribution is 2.35. The third-order valence-electron chi connectivity index (χ3n) is 5.90. The maximum atomic E-state index is 12.8. The van der Waals surface area contributed by atoms with Crippen molar-refractivity contribution in [1.82, 2.24) is 14.7 Å². The minimum Gasteiger partial charge on any atom is -0.486 e. The molecule has 2 aliphatic rings. The molecule has 1 fully saturated rings. The van der Waals surface area contributed by atoms with Gasteiger partial charge in [-0.2, -0.15) is 5.10 Å². The summed E-state index contributed by atoms with van der Waals surface area (Å²) in [5.41, 5.74) is 3.56. The van der Waals surface area contributed by atoms with Crippen LogP contribution in [0.4, 0.5) is 0 Å². The third-order valence-corrected chi connectivity index (χ3v) is 5.90. The van der Waals surface area contributed by atoms with E-state index in [1.54, 1.807) is 6.08 Å². The summed E-state index contributed by atoms with van der Waals surface area (Å²) in [6.45, 7) is 2.76. The number of likely N-dealkylation sites (tertiary alicyclic amines) is 1. The van der Waals surface area contributed by atoms with Crippen molar-refractivity contribution < 1.29 is 14.3 Å². The van der Waals surface area contributed by atoms with Gasteiger partial charge in [0, 0.05) is 36.5 Å². The van der Waals surface area contributed by atoms with E-state index in [0.717, 1.165) is 59.9 Å². The third kappa shape index (κ3) is 4.40. The fourth-order valence-corrected chi connectivity index (χ4v) is 4.19. The van der Waals surface area contributed by atoms with Gasteiger partial charge in [-0.3, -0.25) is 4.79 Å². The molecule has 0 radical (unpaired) electrons. The molecule has 6 nitrogen and oxygen atoms in total. The Hall–Kier alpha value is -3.54. The molecular formula is C26H27N3O3. The van der Waals surface area contributed by atoms with Gasteiger partial charge in [0.05, 0.1) is 5.69 Å². The Balaban J connectivity index is 1.49. The average Bonchev–Trinajstić information content (AvgIpc) is 3.08. The molecule has 0 atom stereocenters. The van der Waals surface area contributed by atoms with Crippen LogP contribution in [0.25, 0.3) is 23.0 Å². The second kappa shape index (κ2) is 9.30. The maximum absolute atomic E-state index is 12.8.